The molecule has 2 bridgehead atoms. The molecule has 8 heteroatoms. The van der Waals surface area contributed by atoms with E-state index in [0.717, 1.165) is 57.2 Å². The van der Waals surface area contributed by atoms with Gasteiger partial charge in [0.2, 0.25) is 5.65 Å². The fourth-order valence-electron chi connectivity index (χ4n) is 4.44. The first-order chi connectivity index (χ1) is 11.7. The summed E-state index contributed by atoms with van der Waals surface area (Å²) in [4.78, 5) is 9.46. The average Bonchev–Trinajstić information content (AvgIpc) is 3.30. The van der Waals surface area contributed by atoms with Crippen LogP contribution < -0.4 is 10.2 Å². The molecule has 0 aromatic carbocycles. The van der Waals surface area contributed by atoms with E-state index in [1.54, 1.807) is 6.33 Å². The lowest BCUT2D eigenvalue weighted by Crippen LogP contribution is -2.57. The van der Waals surface area contributed by atoms with Crippen molar-refractivity contribution >= 4 is 11.5 Å². The van der Waals surface area contributed by atoms with Crippen molar-refractivity contribution in [2.24, 2.45) is 0 Å². The van der Waals surface area contributed by atoms with E-state index in [-0.39, 0.29) is 5.60 Å². The average molecular weight is 329 g/mol. The number of nitrogens with one attached hydrogen (secondary N) is 1. The molecule has 5 heterocycles. The van der Waals surface area contributed by atoms with Crippen LogP contribution in [0.2, 0.25) is 0 Å². The smallest absolute Gasteiger partial charge is 0.203 e. The molecule has 3 atom stereocenters. The Morgan fingerprint density at radius 3 is 3.12 bits per heavy atom. The Morgan fingerprint density at radius 2 is 2.38 bits per heavy atom. The van der Waals surface area contributed by atoms with Crippen LogP contribution in [-0.2, 0) is 4.74 Å². The first-order valence-corrected chi connectivity index (χ1v) is 8.73. The van der Waals surface area contributed by atoms with Crippen LogP contribution in [0.5, 0.6) is 0 Å². The topological polar surface area (TPSA) is 70.8 Å². The summed E-state index contributed by atoms with van der Waals surface area (Å²) < 4.78 is 8.01. The van der Waals surface area contributed by atoms with Crippen molar-refractivity contribution in [3.05, 3.63) is 18.7 Å². The highest BCUT2D eigenvalue weighted by atomic mass is 16.5. The Balaban J connectivity index is 1.31. The number of piperazine rings is 1. The molecule has 3 fully saturated rings. The molecule has 0 spiro atoms. The van der Waals surface area contributed by atoms with Crippen molar-refractivity contribution in [2.75, 3.05) is 44.2 Å². The third kappa shape index (κ3) is 2.28. The van der Waals surface area contributed by atoms with Crippen LogP contribution in [0, 0.1) is 0 Å². The zero-order chi connectivity index (χ0) is 16.1. The van der Waals surface area contributed by atoms with E-state index in [1.165, 1.54) is 0 Å². The molecule has 1 N–H and O–H groups in total. The van der Waals surface area contributed by atoms with Gasteiger partial charge in [0.15, 0.2) is 5.82 Å². The van der Waals surface area contributed by atoms with Crippen LogP contribution in [0.3, 0.4) is 0 Å². The van der Waals surface area contributed by atoms with Gasteiger partial charge in [0.1, 0.15) is 6.33 Å². The molecule has 3 saturated heterocycles. The predicted molar refractivity (Wildman–Crippen MR) is 89.1 cm³/mol. The monoisotopic (exact) mass is 329 g/mol. The van der Waals surface area contributed by atoms with Gasteiger partial charge in [-0.2, -0.15) is 0 Å². The molecular weight excluding hydrogens is 306 g/mol. The Bertz CT molecular complexity index is 739. The summed E-state index contributed by atoms with van der Waals surface area (Å²) in [5.74, 6) is 0.931. The number of morpholine rings is 1. The molecule has 5 rings (SSSR count). The largest absolute Gasteiger partial charge is 0.371 e. The van der Waals surface area contributed by atoms with Crippen LogP contribution in [-0.4, -0.2) is 81.5 Å². The van der Waals surface area contributed by atoms with Crippen molar-refractivity contribution in [2.45, 2.75) is 31.0 Å². The highest BCUT2D eigenvalue weighted by Crippen LogP contribution is 2.33. The molecule has 0 amide bonds. The van der Waals surface area contributed by atoms with Gasteiger partial charge < -0.3 is 15.0 Å². The molecule has 0 saturated carbocycles. The maximum Gasteiger partial charge on any atom is 0.203 e. The Morgan fingerprint density at radius 1 is 1.42 bits per heavy atom. The first-order valence-electron chi connectivity index (χ1n) is 8.73. The van der Waals surface area contributed by atoms with Crippen LogP contribution in [0.4, 0.5) is 5.82 Å². The highest BCUT2D eigenvalue weighted by Gasteiger charge is 2.47. The van der Waals surface area contributed by atoms with Crippen LogP contribution in [0.1, 0.15) is 13.3 Å². The molecule has 8 nitrogen and oxygen atoms in total. The summed E-state index contributed by atoms with van der Waals surface area (Å²) in [6, 6.07) is 0.954. The van der Waals surface area contributed by atoms with E-state index in [0.29, 0.717) is 12.1 Å². The quantitative estimate of drug-likeness (QED) is 0.834. The van der Waals surface area contributed by atoms with Crippen molar-refractivity contribution in [3.8, 4) is 0 Å². The van der Waals surface area contributed by atoms with Gasteiger partial charge in [-0.05, 0) is 13.3 Å². The second-order valence-corrected chi connectivity index (χ2v) is 7.37. The molecule has 3 aliphatic heterocycles. The highest BCUT2D eigenvalue weighted by molar-refractivity contribution is 5.63. The third-order valence-corrected chi connectivity index (χ3v) is 5.61. The molecule has 128 valence electrons. The molecular formula is C16H23N7O. The van der Waals surface area contributed by atoms with Crippen molar-refractivity contribution in [3.63, 3.8) is 0 Å². The Hall–Kier alpha value is -1.77. The number of hydrogen-bond acceptors (Lipinski definition) is 7. The Kier molecular flexibility index (Phi) is 3.26. The molecule has 3 aliphatic rings. The number of aromatic nitrogens is 4. The number of hydrogen-bond donors (Lipinski definition) is 1. The molecule has 2 aromatic rings. The fraction of sp³-hybridized carbons (Fsp3) is 0.688. The van der Waals surface area contributed by atoms with E-state index in [4.69, 9.17) is 4.74 Å². The minimum atomic E-state index is 0.0395. The van der Waals surface area contributed by atoms with Gasteiger partial charge in [0.05, 0.1) is 12.2 Å². The normalized spacial score (nSPS) is 33.6. The van der Waals surface area contributed by atoms with E-state index < -0.39 is 0 Å². The molecule has 24 heavy (non-hydrogen) atoms. The van der Waals surface area contributed by atoms with Gasteiger partial charge in [0, 0.05) is 57.2 Å². The molecule has 0 radical (unpaired) electrons. The Labute approximate surface area is 140 Å². The standard InChI is InChI=1S/C16H23N7O/c1-12-7-21(10-16-6-13(8-24-16)18-9-16)4-5-23(12)14-15-20-19-11-22(15)3-2-17-14/h2-3,11-13,18H,4-10H2,1H3. The molecule has 0 aliphatic carbocycles. The van der Waals surface area contributed by atoms with Crippen LogP contribution in [0.25, 0.3) is 5.65 Å². The zero-order valence-electron chi connectivity index (χ0n) is 13.9. The maximum atomic E-state index is 6.08. The number of fused-ring (bicyclic) bond motifs is 3. The van der Waals surface area contributed by atoms with Crippen molar-refractivity contribution in [1.29, 1.82) is 0 Å². The van der Waals surface area contributed by atoms with Gasteiger partial charge in [-0.1, -0.05) is 0 Å². The summed E-state index contributed by atoms with van der Waals surface area (Å²) in [5.41, 5.74) is 0.871. The van der Waals surface area contributed by atoms with E-state index >= 15 is 0 Å². The molecule has 3 unspecified atom stereocenters. The first kappa shape index (κ1) is 14.6. The van der Waals surface area contributed by atoms with Gasteiger partial charge in [-0.15, -0.1) is 10.2 Å². The van der Waals surface area contributed by atoms with E-state index in [2.05, 4.69) is 37.2 Å². The fourth-order valence-corrected chi connectivity index (χ4v) is 4.44. The van der Waals surface area contributed by atoms with Gasteiger partial charge in [-0.3, -0.25) is 9.30 Å². The lowest BCUT2D eigenvalue weighted by Gasteiger charge is -2.43. The van der Waals surface area contributed by atoms with Gasteiger partial charge in [0.25, 0.3) is 0 Å². The minimum Gasteiger partial charge on any atom is -0.371 e. The van der Waals surface area contributed by atoms with Crippen LogP contribution in [0.15, 0.2) is 18.7 Å². The number of anilines is 1. The number of nitrogens with zero attached hydrogens (tertiary/aromatic N) is 6. The second kappa shape index (κ2) is 5.37. The summed E-state index contributed by atoms with van der Waals surface area (Å²) in [5, 5.41) is 11.8. The van der Waals surface area contributed by atoms with Gasteiger partial charge in [-0.25, -0.2) is 4.98 Å². The van der Waals surface area contributed by atoms with Crippen LogP contribution >= 0.6 is 0 Å². The predicted octanol–water partition coefficient (Wildman–Crippen LogP) is -0.234. The summed E-state index contributed by atoms with van der Waals surface area (Å²) >= 11 is 0. The third-order valence-electron chi connectivity index (χ3n) is 5.61. The second-order valence-electron chi connectivity index (χ2n) is 7.37. The summed E-state index contributed by atoms with van der Waals surface area (Å²) in [7, 11) is 0. The van der Waals surface area contributed by atoms with Crippen molar-refractivity contribution < 1.29 is 4.74 Å². The number of ether oxygens (including phenoxy) is 1. The maximum absolute atomic E-state index is 6.08. The van der Waals surface area contributed by atoms with Gasteiger partial charge >= 0.3 is 0 Å². The summed E-state index contributed by atoms with van der Waals surface area (Å²) in [6.07, 6.45) is 6.59. The minimum absolute atomic E-state index is 0.0395. The van der Waals surface area contributed by atoms with E-state index in [1.807, 2.05) is 16.8 Å². The van der Waals surface area contributed by atoms with E-state index in [9.17, 15) is 0 Å². The van der Waals surface area contributed by atoms with Crippen molar-refractivity contribution in [1.82, 2.24) is 29.8 Å². The number of rotatable bonds is 3. The molecule has 2 aromatic heterocycles. The zero-order valence-corrected chi connectivity index (χ0v) is 13.9. The summed E-state index contributed by atoms with van der Waals surface area (Å²) in [6.45, 7) is 8.15. The lowest BCUT2D eigenvalue weighted by atomic mass is 10.0. The lowest BCUT2D eigenvalue weighted by molar-refractivity contribution is -0.0324. The SMILES string of the molecule is CC1CN(CC23CNC(CO2)C3)CCN1c1nccn2cnnc12.